The van der Waals surface area contributed by atoms with Crippen LogP contribution >= 0.6 is 0 Å². The number of para-hydroxylation sites is 1. The molecular formula is C21H22N4O. The van der Waals surface area contributed by atoms with Gasteiger partial charge in [0.15, 0.2) is 5.65 Å². The highest BCUT2D eigenvalue weighted by molar-refractivity contribution is 5.60. The third-order valence-corrected chi connectivity index (χ3v) is 5.47. The monoisotopic (exact) mass is 346 g/mol. The van der Waals surface area contributed by atoms with E-state index in [4.69, 9.17) is 4.74 Å². The number of benzene rings is 1. The molecular weight excluding hydrogens is 324 g/mol. The molecule has 132 valence electrons. The first-order valence-corrected chi connectivity index (χ1v) is 9.28. The van der Waals surface area contributed by atoms with Crippen molar-refractivity contribution >= 4 is 11.7 Å². The second kappa shape index (κ2) is 6.25. The molecule has 2 aromatic heterocycles. The first-order chi connectivity index (χ1) is 12.8. The van der Waals surface area contributed by atoms with Crippen molar-refractivity contribution < 1.29 is 4.74 Å². The van der Waals surface area contributed by atoms with Crippen LogP contribution in [0.5, 0.6) is 5.75 Å². The molecule has 2 aliphatic rings. The van der Waals surface area contributed by atoms with Crippen molar-refractivity contribution in [2.75, 3.05) is 13.1 Å². The molecule has 2 aliphatic heterocycles. The zero-order chi connectivity index (χ0) is 17.4. The van der Waals surface area contributed by atoms with E-state index in [2.05, 4.69) is 45.3 Å². The number of rotatable bonds is 2. The molecule has 26 heavy (non-hydrogen) atoms. The van der Waals surface area contributed by atoms with E-state index in [-0.39, 0.29) is 5.60 Å². The van der Waals surface area contributed by atoms with Gasteiger partial charge in [-0.05, 0) is 37.6 Å². The standard InChI is InChI=1S/C21H22N4O/c1-2-6-19-17(5-1)7-9-21(26-19)8-3-12-24(14-10-21)16-18-15-23-25-13-4-11-22-20(18)25/h1-2,4-7,9,11,13,15H,3,8,10,12,14,16H2. The third-order valence-electron chi connectivity index (χ3n) is 5.47. The van der Waals surface area contributed by atoms with E-state index in [1.807, 2.05) is 35.2 Å². The Morgan fingerprint density at radius 1 is 1.12 bits per heavy atom. The molecule has 0 aliphatic carbocycles. The number of hydrogen-bond donors (Lipinski definition) is 0. The summed E-state index contributed by atoms with van der Waals surface area (Å²) >= 11 is 0. The summed E-state index contributed by atoms with van der Waals surface area (Å²) in [4.78, 5) is 6.97. The Kier molecular flexibility index (Phi) is 3.75. The lowest BCUT2D eigenvalue weighted by molar-refractivity contribution is 0.0991. The Balaban J connectivity index is 1.32. The molecule has 0 radical (unpaired) electrons. The van der Waals surface area contributed by atoms with Crippen LogP contribution in [0.25, 0.3) is 11.7 Å². The number of ether oxygens (including phenoxy) is 1. The van der Waals surface area contributed by atoms with Crippen LogP contribution < -0.4 is 4.74 Å². The lowest BCUT2D eigenvalue weighted by Crippen LogP contribution is -2.36. The summed E-state index contributed by atoms with van der Waals surface area (Å²) in [5, 5.41) is 4.41. The van der Waals surface area contributed by atoms with Crippen molar-refractivity contribution in [1.29, 1.82) is 0 Å². The predicted octanol–water partition coefficient (Wildman–Crippen LogP) is 3.56. The Bertz CT molecular complexity index is 963. The highest BCUT2D eigenvalue weighted by atomic mass is 16.5. The van der Waals surface area contributed by atoms with Gasteiger partial charge in [-0.25, -0.2) is 9.50 Å². The maximum Gasteiger partial charge on any atom is 0.159 e. The van der Waals surface area contributed by atoms with Crippen molar-refractivity contribution in [1.82, 2.24) is 19.5 Å². The molecule has 0 N–H and O–H groups in total. The molecule has 1 unspecified atom stereocenters. The minimum Gasteiger partial charge on any atom is -0.483 e. The lowest BCUT2D eigenvalue weighted by atomic mass is 9.91. The number of aromatic nitrogens is 3. The van der Waals surface area contributed by atoms with Gasteiger partial charge in [0.2, 0.25) is 0 Å². The van der Waals surface area contributed by atoms with Gasteiger partial charge in [0.1, 0.15) is 11.4 Å². The molecule has 4 heterocycles. The van der Waals surface area contributed by atoms with E-state index in [1.54, 1.807) is 0 Å². The van der Waals surface area contributed by atoms with Gasteiger partial charge in [-0.2, -0.15) is 5.10 Å². The van der Waals surface area contributed by atoms with Crippen molar-refractivity contribution in [2.24, 2.45) is 0 Å². The van der Waals surface area contributed by atoms with Gasteiger partial charge in [-0.15, -0.1) is 0 Å². The average molecular weight is 346 g/mol. The molecule has 1 fully saturated rings. The fourth-order valence-corrected chi connectivity index (χ4v) is 4.05. The maximum absolute atomic E-state index is 6.45. The molecule has 1 aromatic carbocycles. The molecule has 1 saturated heterocycles. The highest BCUT2D eigenvalue weighted by Gasteiger charge is 2.34. The van der Waals surface area contributed by atoms with Gasteiger partial charge >= 0.3 is 0 Å². The maximum atomic E-state index is 6.45. The Morgan fingerprint density at radius 3 is 3.08 bits per heavy atom. The van der Waals surface area contributed by atoms with Crippen LogP contribution in [0, 0.1) is 0 Å². The first-order valence-electron chi connectivity index (χ1n) is 9.28. The SMILES string of the molecule is C1=CC2(CCCN(Cc3cnn4cccnc34)CC2)Oc2ccccc21. The molecule has 0 bridgehead atoms. The number of hydrogen-bond acceptors (Lipinski definition) is 4. The fraction of sp³-hybridized carbons (Fsp3) is 0.333. The Morgan fingerprint density at radius 2 is 2.08 bits per heavy atom. The van der Waals surface area contributed by atoms with Crippen molar-refractivity contribution in [3.05, 3.63) is 66.1 Å². The van der Waals surface area contributed by atoms with E-state index in [1.165, 1.54) is 11.1 Å². The highest BCUT2D eigenvalue weighted by Crippen LogP contribution is 2.37. The lowest BCUT2D eigenvalue weighted by Gasteiger charge is -2.34. The summed E-state index contributed by atoms with van der Waals surface area (Å²) < 4.78 is 8.30. The van der Waals surface area contributed by atoms with Crippen LogP contribution in [-0.4, -0.2) is 38.2 Å². The fourth-order valence-electron chi connectivity index (χ4n) is 4.05. The van der Waals surface area contributed by atoms with Crippen LogP contribution in [0.3, 0.4) is 0 Å². The smallest absolute Gasteiger partial charge is 0.159 e. The van der Waals surface area contributed by atoms with E-state index in [0.29, 0.717) is 0 Å². The molecule has 3 aromatic rings. The third kappa shape index (κ3) is 2.78. The van der Waals surface area contributed by atoms with E-state index < -0.39 is 0 Å². The molecule has 1 spiro atoms. The molecule has 5 rings (SSSR count). The Labute approximate surface area is 152 Å². The minimum absolute atomic E-state index is 0.164. The first kappa shape index (κ1) is 15.6. The number of likely N-dealkylation sites (tertiary alicyclic amines) is 1. The van der Waals surface area contributed by atoms with Crippen molar-refractivity contribution in [3.63, 3.8) is 0 Å². The zero-order valence-electron chi connectivity index (χ0n) is 14.7. The summed E-state index contributed by atoms with van der Waals surface area (Å²) in [6, 6.07) is 10.2. The molecule has 5 heteroatoms. The summed E-state index contributed by atoms with van der Waals surface area (Å²) in [7, 11) is 0. The predicted molar refractivity (Wildman–Crippen MR) is 101 cm³/mol. The molecule has 5 nitrogen and oxygen atoms in total. The molecule has 1 atom stereocenters. The normalized spacial score (nSPS) is 22.9. The van der Waals surface area contributed by atoms with Gasteiger partial charge in [-0.1, -0.05) is 24.3 Å². The van der Waals surface area contributed by atoms with Crippen LogP contribution in [0.1, 0.15) is 30.4 Å². The average Bonchev–Trinajstić information content (AvgIpc) is 2.99. The van der Waals surface area contributed by atoms with Gasteiger partial charge in [-0.3, -0.25) is 4.90 Å². The summed E-state index contributed by atoms with van der Waals surface area (Å²) in [5.74, 6) is 1.01. The number of fused-ring (bicyclic) bond motifs is 2. The molecule has 0 amide bonds. The van der Waals surface area contributed by atoms with Gasteiger partial charge in [0.25, 0.3) is 0 Å². The van der Waals surface area contributed by atoms with Gasteiger partial charge in [0.05, 0.1) is 6.20 Å². The quantitative estimate of drug-likeness (QED) is 0.712. The van der Waals surface area contributed by atoms with Gasteiger partial charge in [0, 0.05) is 43.0 Å². The summed E-state index contributed by atoms with van der Waals surface area (Å²) in [6.45, 7) is 2.97. The van der Waals surface area contributed by atoms with Crippen LogP contribution in [0.2, 0.25) is 0 Å². The van der Waals surface area contributed by atoms with E-state index in [0.717, 1.165) is 50.3 Å². The van der Waals surface area contributed by atoms with Crippen LogP contribution in [0.15, 0.2) is 55.0 Å². The van der Waals surface area contributed by atoms with E-state index >= 15 is 0 Å². The van der Waals surface area contributed by atoms with Crippen molar-refractivity contribution in [3.8, 4) is 5.75 Å². The van der Waals surface area contributed by atoms with Gasteiger partial charge < -0.3 is 4.74 Å². The van der Waals surface area contributed by atoms with Crippen LogP contribution in [0.4, 0.5) is 0 Å². The summed E-state index contributed by atoms with van der Waals surface area (Å²) in [5.41, 5.74) is 3.15. The number of nitrogens with zero attached hydrogens (tertiary/aromatic N) is 4. The second-order valence-electron chi connectivity index (χ2n) is 7.23. The minimum atomic E-state index is -0.164. The molecule has 0 saturated carbocycles. The zero-order valence-corrected chi connectivity index (χ0v) is 14.7. The second-order valence-corrected chi connectivity index (χ2v) is 7.23. The Hall–Kier alpha value is -2.66. The largest absolute Gasteiger partial charge is 0.483 e. The summed E-state index contributed by atoms with van der Waals surface area (Å²) in [6.07, 6.45) is 13.4. The van der Waals surface area contributed by atoms with Crippen molar-refractivity contribution in [2.45, 2.75) is 31.4 Å². The topological polar surface area (TPSA) is 42.7 Å². The van der Waals surface area contributed by atoms with Crippen LogP contribution in [-0.2, 0) is 6.54 Å². The van der Waals surface area contributed by atoms with E-state index in [9.17, 15) is 0 Å².